The highest BCUT2D eigenvalue weighted by Gasteiger charge is 2.11. The maximum absolute atomic E-state index is 11.1. The number of nitrogens with two attached hydrogens (primary N) is 2. The zero-order valence-corrected chi connectivity index (χ0v) is 8.95. The van der Waals surface area contributed by atoms with Gasteiger partial charge in [-0.3, -0.25) is 4.79 Å². The number of nitrogens with one attached hydrogen (secondary N) is 1. The van der Waals surface area contributed by atoms with Gasteiger partial charge in [0.2, 0.25) is 0 Å². The molecule has 1 rings (SSSR count). The second kappa shape index (κ2) is 4.63. The Balaban J connectivity index is 3.01. The molecular formula is C10H16N4O. The lowest BCUT2D eigenvalue weighted by Crippen LogP contribution is -2.20. The summed E-state index contributed by atoms with van der Waals surface area (Å²) in [6, 6.07) is 1.76. The molecule has 0 aliphatic rings. The predicted octanol–water partition coefficient (Wildman–Crippen LogP) is 0.973. The molecule has 82 valence electrons. The number of hydrogen-bond acceptors (Lipinski definition) is 4. The lowest BCUT2D eigenvalue weighted by molar-refractivity contribution is 0.100. The molecule has 0 radical (unpaired) electrons. The molecule has 0 saturated heterocycles. The van der Waals surface area contributed by atoms with Crippen LogP contribution in [0.4, 0.5) is 11.5 Å². The predicted molar refractivity (Wildman–Crippen MR) is 60.5 cm³/mol. The van der Waals surface area contributed by atoms with E-state index in [0.29, 0.717) is 17.1 Å². The van der Waals surface area contributed by atoms with E-state index < -0.39 is 5.91 Å². The molecule has 1 aromatic rings. The number of nitrogens with zero attached hydrogens (tertiary/aromatic N) is 1. The molecule has 5 nitrogen and oxygen atoms in total. The van der Waals surface area contributed by atoms with Crippen molar-refractivity contribution in [3.05, 3.63) is 17.8 Å². The minimum atomic E-state index is -0.527. The lowest BCUT2D eigenvalue weighted by Gasteiger charge is -2.14. The van der Waals surface area contributed by atoms with E-state index in [1.807, 2.05) is 13.8 Å². The monoisotopic (exact) mass is 208 g/mol. The van der Waals surface area contributed by atoms with Gasteiger partial charge < -0.3 is 16.8 Å². The Morgan fingerprint density at radius 3 is 2.87 bits per heavy atom. The summed E-state index contributed by atoms with van der Waals surface area (Å²) in [5, 5.41) is 3.10. The number of nitrogen functional groups attached to an aromatic ring is 1. The normalized spacial score (nSPS) is 12.1. The fourth-order valence-electron chi connectivity index (χ4n) is 1.12. The molecule has 15 heavy (non-hydrogen) atoms. The number of pyridine rings is 1. The van der Waals surface area contributed by atoms with Gasteiger partial charge in [-0.15, -0.1) is 0 Å². The van der Waals surface area contributed by atoms with E-state index in [2.05, 4.69) is 10.3 Å². The third kappa shape index (κ3) is 2.83. The third-order valence-electron chi connectivity index (χ3n) is 2.17. The molecule has 1 aromatic heterocycles. The summed E-state index contributed by atoms with van der Waals surface area (Å²) in [6.07, 6.45) is 2.43. The van der Waals surface area contributed by atoms with Gasteiger partial charge in [-0.2, -0.15) is 0 Å². The molecule has 0 aliphatic carbocycles. The molecule has 1 amide bonds. The fraction of sp³-hybridized carbons (Fsp3) is 0.400. The van der Waals surface area contributed by atoms with E-state index in [9.17, 15) is 4.79 Å². The second-order valence-corrected chi connectivity index (χ2v) is 3.48. The minimum absolute atomic E-state index is 0.235. The van der Waals surface area contributed by atoms with E-state index in [1.54, 1.807) is 0 Å². The van der Waals surface area contributed by atoms with E-state index in [0.717, 1.165) is 6.42 Å². The van der Waals surface area contributed by atoms with Crippen LogP contribution < -0.4 is 16.8 Å². The fourth-order valence-corrected chi connectivity index (χ4v) is 1.12. The zero-order valence-electron chi connectivity index (χ0n) is 8.95. The Labute approximate surface area is 88.9 Å². The average Bonchev–Trinajstić information content (AvgIpc) is 2.20. The summed E-state index contributed by atoms with van der Waals surface area (Å²) in [6.45, 7) is 4.04. The molecule has 5 N–H and O–H groups in total. The highest BCUT2D eigenvalue weighted by atomic mass is 16.1. The minimum Gasteiger partial charge on any atom is -0.397 e. The third-order valence-corrected chi connectivity index (χ3v) is 2.17. The average molecular weight is 208 g/mol. The highest BCUT2D eigenvalue weighted by molar-refractivity contribution is 5.98. The molecule has 0 bridgehead atoms. The molecule has 0 fully saturated rings. The van der Waals surface area contributed by atoms with Crippen LogP contribution in [0.25, 0.3) is 0 Å². The standard InChI is InChI=1S/C10H16N4O/c1-3-6(2)14-10-8(9(12)15)4-7(11)5-13-10/h4-6H,3,11H2,1-2H3,(H2,12,15)(H,13,14). The van der Waals surface area contributed by atoms with Gasteiger partial charge in [0.15, 0.2) is 0 Å². The quantitative estimate of drug-likeness (QED) is 0.687. The molecule has 0 aromatic carbocycles. The summed E-state index contributed by atoms with van der Waals surface area (Å²) in [4.78, 5) is 15.2. The molecule has 0 saturated carbocycles. The van der Waals surface area contributed by atoms with E-state index >= 15 is 0 Å². The number of carbonyl (C=O) groups excluding carboxylic acids is 1. The van der Waals surface area contributed by atoms with Crippen molar-refractivity contribution in [3.8, 4) is 0 Å². The van der Waals surface area contributed by atoms with Crippen LogP contribution >= 0.6 is 0 Å². The Kier molecular flexibility index (Phi) is 3.49. The van der Waals surface area contributed by atoms with Gasteiger partial charge in [0.05, 0.1) is 17.4 Å². The van der Waals surface area contributed by atoms with Crippen molar-refractivity contribution in [2.24, 2.45) is 5.73 Å². The van der Waals surface area contributed by atoms with Crippen LogP contribution in [0, 0.1) is 0 Å². The molecule has 1 heterocycles. The Bertz CT molecular complexity index is 364. The molecule has 5 heteroatoms. The maximum atomic E-state index is 11.1. The number of primary amides is 1. The number of amides is 1. The first kappa shape index (κ1) is 11.3. The molecule has 0 spiro atoms. The van der Waals surface area contributed by atoms with Crippen LogP contribution in [0.15, 0.2) is 12.3 Å². The van der Waals surface area contributed by atoms with Gasteiger partial charge in [-0.25, -0.2) is 4.98 Å². The summed E-state index contributed by atoms with van der Waals surface area (Å²) >= 11 is 0. The number of aromatic nitrogens is 1. The first-order valence-electron chi connectivity index (χ1n) is 4.86. The number of hydrogen-bond donors (Lipinski definition) is 3. The van der Waals surface area contributed by atoms with Crippen LogP contribution in [0.3, 0.4) is 0 Å². The van der Waals surface area contributed by atoms with Crippen LogP contribution in [0.5, 0.6) is 0 Å². The van der Waals surface area contributed by atoms with Gasteiger partial charge in [0, 0.05) is 6.04 Å². The summed E-state index contributed by atoms with van der Waals surface area (Å²) in [7, 11) is 0. The van der Waals surface area contributed by atoms with Crippen molar-refractivity contribution in [3.63, 3.8) is 0 Å². The van der Waals surface area contributed by atoms with Gasteiger partial charge in [-0.05, 0) is 19.4 Å². The largest absolute Gasteiger partial charge is 0.397 e. The van der Waals surface area contributed by atoms with Gasteiger partial charge in [0.1, 0.15) is 5.82 Å². The maximum Gasteiger partial charge on any atom is 0.252 e. The van der Waals surface area contributed by atoms with Crippen molar-refractivity contribution in [2.75, 3.05) is 11.1 Å². The van der Waals surface area contributed by atoms with Gasteiger partial charge in [0.25, 0.3) is 5.91 Å². The molecule has 1 atom stereocenters. The highest BCUT2D eigenvalue weighted by Crippen LogP contribution is 2.16. The van der Waals surface area contributed by atoms with E-state index in [-0.39, 0.29) is 6.04 Å². The summed E-state index contributed by atoms with van der Waals surface area (Å²) in [5.74, 6) is -0.0355. The molecular weight excluding hydrogens is 192 g/mol. The van der Waals surface area contributed by atoms with Crippen LogP contribution in [0.2, 0.25) is 0 Å². The number of rotatable bonds is 4. The Hall–Kier alpha value is -1.78. The van der Waals surface area contributed by atoms with Crippen LogP contribution in [0.1, 0.15) is 30.6 Å². The summed E-state index contributed by atoms with van der Waals surface area (Å²) < 4.78 is 0. The number of anilines is 2. The van der Waals surface area contributed by atoms with Crippen molar-refractivity contribution in [1.29, 1.82) is 0 Å². The van der Waals surface area contributed by atoms with E-state index in [1.165, 1.54) is 12.3 Å². The Morgan fingerprint density at radius 2 is 2.33 bits per heavy atom. The summed E-state index contributed by atoms with van der Waals surface area (Å²) in [5.41, 5.74) is 11.5. The van der Waals surface area contributed by atoms with E-state index in [4.69, 9.17) is 11.5 Å². The van der Waals surface area contributed by atoms with Gasteiger partial charge >= 0.3 is 0 Å². The van der Waals surface area contributed by atoms with Crippen molar-refractivity contribution >= 4 is 17.4 Å². The molecule has 0 aliphatic heterocycles. The van der Waals surface area contributed by atoms with Crippen molar-refractivity contribution in [1.82, 2.24) is 4.98 Å². The van der Waals surface area contributed by atoms with Crippen LogP contribution in [-0.2, 0) is 0 Å². The second-order valence-electron chi connectivity index (χ2n) is 3.48. The van der Waals surface area contributed by atoms with Crippen molar-refractivity contribution < 1.29 is 4.79 Å². The SMILES string of the molecule is CCC(C)Nc1ncc(N)cc1C(N)=O. The first-order valence-corrected chi connectivity index (χ1v) is 4.86. The van der Waals surface area contributed by atoms with Crippen molar-refractivity contribution in [2.45, 2.75) is 26.3 Å². The first-order chi connectivity index (χ1) is 7.04. The van der Waals surface area contributed by atoms with Gasteiger partial charge in [-0.1, -0.05) is 6.92 Å². The topological polar surface area (TPSA) is 94.0 Å². The molecule has 1 unspecified atom stereocenters. The Morgan fingerprint density at radius 1 is 1.67 bits per heavy atom. The van der Waals surface area contributed by atoms with Crippen LogP contribution in [-0.4, -0.2) is 16.9 Å². The number of carbonyl (C=O) groups is 1. The smallest absolute Gasteiger partial charge is 0.252 e. The zero-order chi connectivity index (χ0) is 11.4. The lowest BCUT2D eigenvalue weighted by atomic mass is 10.2.